The summed E-state index contributed by atoms with van der Waals surface area (Å²) in [5, 5.41) is 11.8. The van der Waals surface area contributed by atoms with E-state index in [0.717, 1.165) is 29.9 Å². The van der Waals surface area contributed by atoms with Crippen molar-refractivity contribution in [1.82, 2.24) is 0 Å². The van der Waals surface area contributed by atoms with E-state index in [1.165, 1.54) is 0 Å². The van der Waals surface area contributed by atoms with E-state index < -0.39 is 0 Å². The van der Waals surface area contributed by atoms with Gasteiger partial charge in [0.15, 0.2) is 0 Å². The van der Waals surface area contributed by atoms with Crippen LogP contribution in [0.3, 0.4) is 0 Å². The summed E-state index contributed by atoms with van der Waals surface area (Å²) in [4.78, 5) is 13.5. The summed E-state index contributed by atoms with van der Waals surface area (Å²) >= 11 is 0. The molecular formula is C15H20N4O. The van der Waals surface area contributed by atoms with E-state index in [1.807, 2.05) is 26.0 Å². The zero-order chi connectivity index (χ0) is 14.7. The molecule has 1 aromatic rings. The fourth-order valence-electron chi connectivity index (χ4n) is 2.48. The summed E-state index contributed by atoms with van der Waals surface area (Å²) < 4.78 is 0. The Bertz CT molecular complexity index is 562. The van der Waals surface area contributed by atoms with Crippen LogP contribution in [0.4, 0.5) is 17.1 Å². The SMILES string of the molecule is CCN(CC(C)C#N)c1cc2c(cc1N)NC(=O)CC2. The summed E-state index contributed by atoms with van der Waals surface area (Å²) in [6.45, 7) is 5.39. The first kappa shape index (κ1) is 14.2. The number of fused-ring (bicyclic) bond motifs is 1. The molecule has 1 unspecified atom stereocenters. The Kier molecular flexibility index (Phi) is 4.14. The number of carbonyl (C=O) groups is 1. The van der Waals surface area contributed by atoms with Crippen molar-refractivity contribution in [3.63, 3.8) is 0 Å². The summed E-state index contributed by atoms with van der Waals surface area (Å²) in [5.74, 6) is -0.0137. The lowest BCUT2D eigenvalue weighted by Gasteiger charge is -2.28. The number of nitrogens with one attached hydrogen (secondary N) is 1. The van der Waals surface area contributed by atoms with Crippen LogP contribution in [0.2, 0.25) is 0 Å². The number of benzene rings is 1. The van der Waals surface area contributed by atoms with Gasteiger partial charge in [-0.3, -0.25) is 4.79 Å². The van der Waals surface area contributed by atoms with Crippen LogP contribution in [0.1, 0.15) is 25.8 Å². The maximum Gasteiger partial charge on any atom is 0.224 e. The molecule has 1 amide bonds. The third-order valence-electron chi connectivity index (χ3n) is 3.59. The largest absolute Gasteiger partial charge is 0.397 e. The number of aryl methyl sites for hydroxylation is 1. The maximum atomic E-state index is 11.4. The van der Waals surface area contributed by atoms with Gasteiger partial charge in [0.2, 0.25) is 5.91 Å². The van der Waals surface area contributed by atoms with Gasteiger partial charge in [-0.25, -0.2) is 0 Å². The molecule has 1 atom stereocenters. The molecule has 1 heterocycles. The topological polar surface area (TPSA) is 82.2 Å². The van der Waals surface area contributed by atoms with Crippen LogP contribution < -0.4 is 16.0 Å². The first-order valence-corrected chi connectivity index (χ1v) is 6.92. The van der Waals surface area contributed by atoms with Crippen molar-refractivity contribution in [2.24, 2.45) is 5.92 Å². The Hall–Kier alpha value is -2.22. The zero-order valence-corrected chi connectivity index (χ0v) is 11.9. The Labute approximate surface area is 119 Å². The fraction of sp³-hybridized carbons (Fsp3) is 0.467. The van der Waals surface area contributed by atoms with Gasteiger partial charge in [0.25, 0.3) is 0 Å². The molecule has 2 rings (SSSR count). The maximum absolute atomic E-state index is 11.4. The molecule has 0 saturated heterocycles. The fourth-order valence-corrected chi connectivity index (χ4v) is 2.48. The van der Waals surface area contributed by atoms with Gasteiger partial charge in [0.1, 0.15) is 0 Å². The van der Waals surface area contributed by atoms with Gasteiger partial charge in [-0.1, -0.05) is 0 Å². The Morgan fingerprint density at radius 1 is 1.50 bits per heavy atom. The molecule has 0 aliphatic carbocycles. The summed E-state index contributed by atoms with van der Waals surface area (Å²) in [7, 11) is 0. The van der Waals surface area contributed by atoms with Gasteiger partial charge in [0, 0.05) is 25.2 Å². The molecular weight excluding hydrogens is 252 g/mol. The highest BCUT2D eigenvalue weighted by atomic mass is 16.1. The Morgan fingerprint density at radius 2 is 2.25 bits per heavy atom. The van der Waals surface area contributed by atoms with Gasteiger partial charge in [-0.15, -0.1) is 0 Å². The summed E-state index contributed by atoms with van der Waals surface area (Å²) in [6, 6.07) is 6.11. The average molecular weight is 272 g/mol. The predicted molar refractivity (Wildman–Crippen MR) is 80.5 cm³/mol. The van der Waals surface area contributed by atoms with Crippen LogP contribution in [0, 0.1) is 17.2 Å². The number of nitriles is 1. The van der Waals surface area contributed by atoms with Gasteiger partial charge in [-0.2, -0.15) is 5.26 Å². The molecule has 0 aromatic heterocycles. The molecule has 20 heavy (non-hydrogen) atoms. The van der Waals surface area contributed by atoms with Crippen molar-refractivity contribution in [2.45, 2.75) is 26.7 Å². The highest BCUT2D eigenvalue weighted by molar-refractivity contribution is 5.95. The molecule has 5 nitrogen and oxygen atoms in total. The minimum Gasteiger partial charge on any atom is -0.397 e. The molecule has 5 heteroatoms. The molecule has 0 radical (unpaired) electrons. The van der Waals surface area contributed by atoms with Crippen molar-refractivity contribution in [1.29, 1.82) is 5.26 Å². The second-order valence-corrected chi connectivity index (χ2v) is 5.19. The van der Waals surface area contributed by atoms with Crippen LogP contribution in [0.15, 0.2) is 12.1 Å². The molecule has 0 bridgehead atoms. The molecule has 0 fully saturated rings. The number of rotatable bonds is 4. The van der Waals surface area contributed by atoms with Crippen molar-refractivity contribution < 1.29 is 4.79 Å². The van der Waals surface area contributed by atoms with E-state index in [0.29, 0.717) is 18.7 Å². The highest BCUT2D eigenvalue weighted by Crippen LogP contribution is 2.33. The monoisotopic (exact) mass is 272 g/mol. The lowest BCUT2D eigenvalue weighted by Crippen LogP contribution is -2.29. The minimum atomic E-state index is -0.0508. The first-order valence-electron chi connectivity index (χ1n) is 6.92. The number of nitrogens with two attached hydrogens (primary N) is 1. The third-order valence-corrected chi connectivity index (χ3v) is 3.59. The lowest BCUT2D eigenvalue weighted by molar-refractivity contribution is -0.116. The highest BCUT2D eigenvalue weighted by Gasteiger charge is 2.19. The van der Waals surface area contributed by atoms with Crippen LogP contribution in [0.5, 0.6) is 0 Å². The van der Waals surface area contributed by atoms with E-state index in [2.05, 4.69) is 16.3 Å². The summed E-state index contributed by atoms with van der Waals surface area (Å²) in [6.07, 6.45) is 1.25. The van der Waals surface area contributed by atoms with E-state index in [4.69, 9.17) is 11.0 Å². The second-order valence-electron chi connectivity index (χ2n) is 5.19. The van der Waals surface area contributed by atoms with E-state index in [9.17, 15) is 4.79 Å². The van der Waals surface area contributed by atoms with Gasteiger partial charge in [0.05, 0.1) is 23.4 Å². The molecule has 106 valence electrons. The number of amides is 1. The van der Waals surface area contributed by atoms with E-state index in [1.54, 1.807) is 0 Å². The molecule has 1 aliphatic rings. The number of nitrogen functional groups attached to an aromatic ring is 1. The minimum absolute atomic E-state index is 0.0371. The molecule has 1 aromatic carbocycles. The van der Waals surface area contributed by atoms with Crippen LogP contribution >= 0.6 is 0 Å². The number of nitrogens with zero attached hydrogens (tertiary/aromatic N) is 2. The predicted octanol–water partition coefficient (Wildman–Crippen LogP) is 2.14. The quantitative estimate of drug-likeness (QED) is 0.823. The summed E-state index contributed by atoms with van der Waals surface area (Å²) in [5.41, 5.74) is 9.61. The van der Waals surface area contributed by atoms with Crippen molar-refractivity contribution >= 4 is 23.0 Å². The average Bonchev–Trinajstić information content (AvgIpc) is 2.44. The molecule has 0 saturated carbocycles. The normalized spacial score (nSPS) is 14.9. The molecule has 3 N–H and O–H groups in total. The number of anilines is 3. The van der Waals surface area contributed by atoms with Crippen LogP contribution in [-0.4, -0.2) is 19.0 Å². The Balaban J connectivity index is 2.32. The number of hydrogen-bond donors (Lipinski definition) is 2. The zero-order valence-electron chi connectivity index (χ0n) is 11.9. The van der Waals surface area contributed by atoms with Gasteiger partial charge >= 0.3 is 0 Å². The van der Waals surface area contributed by atoms with Crippen molar-refractivity contribution in [3.05, 3.63) is 17.7 Å². The Morgan fingerprint density at radius 3 is 2.90 bits per heavy atom. The van der Waals surface area contributed by atoms with Gasteiger partial charge in [-0.05, 0) is 38.0 Å². The molecule has 1 aliphatic heterocycles. The standard InChI is InChI=1S/C15H20N4O/c1-3-19(9-10(2)8-16)14-6-11-4-5-15(20)18-13(11)7-12(14)17/h6-7,10H,3-5,9,17H2,1-2H3,(H,18,20). The van der Waals surface area contributed by atoms with Crippen molar-refractivity contribution in [2.75, 3.05) is 29.0 Å². The van der Waals surface area contributed by atoms with E-state index in [-0.39, 0.29) is 11.8 Å². The van der Waals surface area contributed by atoms with Crippen LogP contribution in [-0.2, 0) is 11.2 Å². The smallest absolute Gasteiger partial charge is 0.224 e. The van der Waals surface area contributed by atoms with Gasteiger partial charge < -0.3 is 16.0 Å². The van der Waals surface area contributed by atoms with E-state index >= 15 is 0 Å². The number of hydrogen-bond acceptors (Lipinski definition) is 4. The number of carbonyl (C=O) groups excluding carboxylic acids is 1. The van der Waals surface area contributed by atoms with Crippen LogP contribution in [0.25, 0.3) is 0 Å². The lowest BCUT2D eigenvalue weighted by atomic mass is 10.0. The van der Waals surface area contributed by atoms with Crippen molar-refractivity contribution in [3.8, 4) is 6.07 Å². The first-order chi connectivity index (χ1) is 9.55. The third kappa shape index (κ3) is 2.85. The molecule has 0 spiro atoms. The second kappa shape index (κ2) is 5.83.